The van der Waals surface area contributed by atoms with Crippen LogP contribution in [0.15, 0.2) is 36.5 Å². The molecule has 56 heavy (non-hydrogen) atoms. The Bertz CT molecular complexity index is 1010. The van der Waals surface area contributed by atoms with E-state index in [1.807, 2.05) is 21.1 Å². The highest BCUT2D eigenvalue weighted by Crippen LogP contribution is 2.43. The van der Waals surface area contributed by atoms with Crippen LogP contribution in [-0.2, 0) is 18.4 Å². The predicted molar refractivity (Wildman–Crippen MR) is 240 cm³/mol. The molecule has 3 atom stereocenters. The first-order chi connectivity index (χ1) is 27.0. The lowest BCUT2D eigenvalue weighted by Gasteiger charge is -2.26. The number of aliphatic hydroxyl groups is 1. The Morgan fingerprint density at radius 2 is 1.02 bits per heavy atom. The molecule has 3 unspecified atom stereocenters. The van der Waals surface area contributed by atoms with Crippen molar-refractivity contribution in [2.75, 3.05) is 40.9 Å². The van der Waals surface area contributed by atoms with Crippen molar-refractivity contribution in [3.63, 3.8) is 0 Å². The first kappa shape index (κ1) is 54.7. The first-order valence-corrected chi connectivity index (χ1v) is 24.8. The summed E-state index contributed by atoms with van der Waals surface area (Å²) in [7, 11) is 1.60. The Morgan fingerprint density at radius 3 is 1.48 bits per heavy atom. The van der Waals surface area contributed by atoms with Gasteiger partial charge in [-0.25, -0.2) is 4.57 Å². The Balaban J connectivity index is 4.34. The monoisotopic (exact) mass is 812 g/mol. The third-order valence-electron chi connectivity index (χ3n) is 10.4. The zero-order chi connectivity index (χ0) is 41.4. The number of unbranched alkanes of at least 4 members (excludes halogenated alkanes) is 23. The van der Waals surface area contributed by atoms with E-state index in [9.17, 15) is 19.4 Å². The summed E-state index contributed by atoms with van der Waals surface area (Å²) in [6, 6.07) is -0.766. The predicted octanol–water partition coefficient (Wildman–Crippen LogP) is 13.1. The fourth-order valence-electron chi connectivity index (χ4n) is 6.64. The maximum Gasteiger partial charge on any atom is 0.472 e. The topological polar surface area (TPSA) is 105 Å². The van der Waals surface area contributed by atoms with E-state index >= 15 is 0 Å². The maximum atomic E-state index is 12.9. The number of hydrogen-bond donors (Lipinski definition) is 3. The van der Waals surface area contributed by atoms with E-state index in [-0.39, 0.29) is 19.1 Å². The number of phosphoric acid groups is 1. The number of quaternary nitrogens is 1. The van der Waals surface area contributed by atoms with Gasteiger partial charge in [0.15, 0.2) is 0 Å². The van der Waals surface area contributed by atoms with Gasteiger partial charge in [-0.1, -0.05) is 185 Å². The molecule has 8 nitrogen and oxygen atoms in total. The van der Waals surface area contributed by atoms with Crippen LogP contribution in [0, 0.1) is 0 Å². The van der Waals surface area contributed by atoms with E-state index in [0.717, 1.165) is 64.2 Å². The zero-order valence-corrected chi connectivity index (χ0v) is 38.3. The number of likely N-dealkylation sites (N-methyl/N-ethyl adjacent to an activating group) is 1. The second kappa shape index (κ2) is 39.2. The average molecular weight is 812 g/mol. The largest absolute Gasteiger partial charge is 0.472 e. The SMILES string of the molecule is CCCCCCC/C=C\C/C=C\C/C=C\CCCCCCCCC(=O)NC(COP(=O)(O)OCC[N+](C)(C)C)C(O)CCCCCCCCCCCCCCC. The van der Waals surface area contributed by atoms with Gasteiger partial charge in [-0.2, -0.15) is 0 Å². The van der Waals surface area contributed by atoms with E-state index < -0.39 is 20.0 Å². The second-order valence-electron chi connectivity index (χ2n) is 17.1. The first-order valence-electron chi connectivity index (χ1n) is 23.4. The Labute approximate surface area is 347 Å². The molecule has 0 saturated carbocycles. The highest BCUT2D eigenvalue weighted by atomic mass is 31.2. The molecule has 0 heterocycles. The third-order valence-corrected chi connectivity index (χ3v) is 11.4. The summed E-state index contributed by atoms with van der Waals surface area (Å²) in [6.45, 7) is 4.86. The Kier molecular flexibility index (Phi) is 38.3. The molecule has 0 bridgehead atoms. The number of hydrogen-bond acceptors (Lipinski definition) is 5. The summed E-state index contributed by atoms with van der Waals surface area (Å²) in [5.41, 5.74) is 0. The second-order valence-corrected chi connectivity index (χ2v) is 18.6. The standard InChI is InChI=1S/C47H91N2O6P/c1-6-8-10-12-14-16-18-20-21-22-23-24-25-26-27-29-31-33-35-37-39-41-47(51)48-45(44-55-56(52,53)54-43-42-49(3,4)5)46(50)40-38-36-34-32-30-28-19-17-15-13-11-9-7-2/h18,20,22-23,25-26,45-46,50H,6-17,19,21,24,27-44H2,1-5H3,(H-,48,51,52,53)/p+1/b20-18-,23-22-,26-25-. The number of carbonyl (C=O) groups is 1. The molecule has 0 aromatic heterocycles. The van der Waals surface area contributed by atoms with Gasteiger partial charge in [-0.3, -0.25) is 13.8 Å². The molecule has 0 radical (unpaired) electrons. The van der Waals surface area contributed by atoms with Gasteiger partial charge < -0.3 is 19.8 Å². The minimum Gasteiger partial charge on any atom is -0.391 e. The summed E-state index contributed by atoms with van der Waals surface area (Å²) in [4.78, 5) is 23.2. The van der Waals surface area contributed by atoms with Crippen LogP contribution >= 0.6 is 7.82 Å². The van der Waals surface area contributed by atoms with Gasteiger partial charge in [-0.15, -0.1) is 0 Å². The molecule has 1 amide bonds. The van der Waals surface area contributed by atoms with Crippen LogP contribution in [0.2, 0.25) is 0 Å². The quantitative estimate of drug-likeness (QED) is 0.0245. The highest BCUT2D eigenvalue weighted by Gasteiger charge is 2.28. The van der Waals surface area contributed by atoms with Crippen LogP contribution < -0.4 is 5.32 Å². The molecule has 9 heteroatoms. The number of carbonyl (C=O) groups excluding carboxylic acids is 1. The van der Waals surface area contributed by atoms with Crippen molar-refractivity contribution < 1.29 is 32.9 Å². The van der Waals surface area contributed by atoms with Gasteiger partial charge in [-0.05, 0) is 51.4 Å². The van der Waals surface area contributed by atoms with Crippen molar-refractivity contribution in [2.45, 2.75) is 219 Å². The molecule has 0 fully saturated rings. The van der Waals surface area contributed by atoms with Crippen LogP contribution in [0.25, 0.3) is 0 Å². The lowest BCUT2D eigenvalue weighted by atomic mass is 10.0. The van der Waals surface area contributed by atoms with E-state index in [2.05, 4.69) is 55.6 Å². The average Bonchev–Trinajstić information content (AvgIpc) is 3.15. The van der Waals surface area contributed by atoms with Gasteiger partial charge in [0.2, 0.25) is 5.91 Å². The van der Waals surface area contributed by atoms with E-state index in [4.69, 9.17) is 9.05 Å². The molecule has 0 saturated heterocycles. The van der Waals surface area contributed by atoms with E-state index in [1.54, 1.807) is 0 Å². The Hall–Kier alpha value is -1.28. The van der Waals surface area contributed by atoms with Gasteiger partial charge in [0, 0.05) is 6.42 Å². The van der Waals surface area contributed by atoms with Gasteiger partial charge in [0.25, 0.3) is 0 Å². The number of allylic oxidation sites excluding steroid dienone is 6. The highest BCUT2D eigenvalue weighted by molar-refractivity contribution is 7.47. The molecule has 0 aliphatic carbocycles. The Morgan fingerprint density at radius 1 is 0.607 bits per heavy atom. The number of nitrogens with one attached hydrogen (secondary N) is 1. The number of phosphoric ester groups is 1. The van der Waals surface area contributed by atoms with E-state index in [1.165, 1.54) is 116 Å². The number of rotatable bonds is 42. The molecule has 0 spiro atoms. The summed E-state index contributed by atoms with van der Waals surface area (Å²) in [6.07, 6.45) is 47.4. The molecule has 0 aromatic rings. The number of nitrogens with zero attached hydrogens (tertiary/aromatic N) is 1. The smallest absolute Gasteiger partial charge is 0.391 e. The third kappa shape index (κ3) is 40.9. The minimum atomic E-state index is -4.32. The van der Waals surface area contributed by atoms with Crippen LogP contribution in [0.4, 0.5) is 0 Å². The number of aliphatic hydroxyl groups excluding tert-OH is 1. The lowest BCUT2D eigenvalue weighted by molar-refractivity contribution is -0.870. The van der Waals surface area contributed by atoms with Crippen molar-refractivity contribution in [3.05, 3.63) is 36.5 Å². The fraction of sp³-hybridized carbons (Fsp3) is 0.851. The number of amides is 1. The normalized spacial score (nSPS) is 14.6. The summed E-state index contributed by atoms with van der Waals surface area (Å²) >= 11 is 0. The van der Waals surface area contributed by atoms with Crippen molar-refractivity contribution in [1.29, 1.82) is 0 Å². The van der Waals surface area contributed by atoms with Crippen LogP contribution in [0.1, 0.15) is 206 Å². The summed E-state index contributed by atoms with van der Waals surface area (Å²) in [5.74, 6) is -0.158. The van der Waals surface area contributed by atoms with Crippen LogP contribution in [0.5, 0.6) is 0 Å². The van der Waals surface area contributed by atoms with E-state index in [0.29, 0.717) is 23.9 Å². The lowest BCUT2D eigenvalue weighted by Crippen LogP contribution is -2.46. The molecule has 330 valence electrons. The van der Waals surface area contributed by atoms with Gasteiger partial charge in [0.1, 0.15) is 13.2 Å². The molecular formula is C47H92N2O6P+. The summed E-state index contributed by atoms with van der Waals surface area (Å²) < 4.78 is 23.6. The maximum absolute atomic E-state index is 12.9. The molecule has 0 aliphatic rings. The molecule has 3 N–H and O–H groups in total. The zero-order valence-electron chi connectivity index (χ0n) is 37.4. The summed E-state index contributed by atoms with van der Waals surface area (Å²) in [5, 5.41) is 13.9. The molecule has 0 aromatic carbocycles. The molecule has 0 rings (SSSR count). The van der Waals surface area contributed by atoms with Gasteiger partial charge >= 0.3 is 7.82 Å². The fourth-order valence-corrected chi connectivity index (χ4v) is 7.38. The van der Waals surface area contributed by atoms with Crippen molar-refractivity contribution in [1.82, 2.24) is 5.32 Å². The van der Waals surface area contributed by atoms with Crippen LogP contribution in [0.3, 0.4) is 0 Å². The molecule has 0 aliphatic heterocycles. The van der Waals surface area contributed by atoms with Gasteiger partial charge in [0.05, 0.1) is 39.9 Å². The van der Waals surface area contributed by atoms with Crippen LogP contribution in [-0.4, -0.2) is 73.4 Å². The van der Waals surface area contributed by atoms with Crippen molar-refractivity contribution in [3.8, 4) is 0 Å². The molecular weight excluding hydrogens is 719 g/mol. The minimum absolute atomic E-state index is 0.0712. The van der Waals surface area contributed by atoms with Crippen molar-refractivity contribution in [2.24, 2.45) is 0 Å². The van der Waals surface area contributed by atoms with Crippen molar-refractivity contribution >= 4 is 13.7 Å².